The lowest BCUT2D eigenvalue weighted by atomic mass is 10.2. The first-order valence-corrected chi connectivity index (χ1v) is 5.37. The number of halogens is 2. The van der Waals surface area contributed by atoms with Gasteiger partial charge in [0, 0.05) is 4.75 Å². The molecule has 1 heterocycles. The maximum absolute atomic E-state index is 9.05. The van der Waals surface area contributed by atoms with E-state index in [1.165, 1.54) is 11.8 Å². The second kappa shape index (κ2) is 4.61. The van der Waals surface area contributed by atoms with E-state index < -0.39 is 0 Å². The van der Waals surface area contributed by atoms with Crippen molar-refractivity contribution >= 4 is 35.0 Å². The van der Waals surface area contributed by atoms with Crippen molar-refractivity contribution in [3.05, 3.63) is 10.4 Å². The third kappa shape index (κ3) is 3.24. The highest BCUT2D eigenvalue weighted by Crippen LogP contribution is 2.34. The van der Waals surface area contributed by atoms with Crippen molar-refractivity contribution in [2.24, 2.45) is 0 Å². The second-order valence-electron chi connectivity index (χ2n) is 3.20. The van der Waals surface area contributed by atoms with E-state index in [1.807, 2.05) is 13.8 Å². The van der Waals surface area contributed by atoms with Crippen molar-refractivity contribution in [1.82, 2.24) is 15.2 Å². The molecule has 0 spiro atoms. The Bertz CT molecular complexity index is 335. The van der Waals surface area contributed by atoms with Crippen molar-refractivity contribution in [1.29, 1.82) is 0 Å². The fraction of sp³-hybridized carbons (Fsp3) is 0.571. The molecule has 0 unspecified atom stereocenters. The third-order valence-corrected chi connectivity index (χ3v) is 3.03. The molecule has 0 fully saturated rings. The van der Waals surface area contributed by atoms with Crippen LogP contribution in [-0.2, 0) is 0 Å². The van der Waals surface area contributed by atoms with Gasteiger partial charge in [-0.05, 0) is 25.4 Å². The van der Waals surface area contributed by atoms with E-state index in [0.29, 0.717) is 5.03 Å². The van der Waals surface area contributed by atoms with E-state index in [4.69, 9.17) is 28.3 Å². The minimum atomic E-state index is -0.372. The fourth-order valence-electron chi connectivity index (χ4n) is 0.639. The maximum atomic E-state index is 9.05. The van der Waals surface area contributed by atoms with Gasteiger partial charge in [0.05, 0.1) is 6.61 Å². The smallest absolute Gasteiger partial charge is 0.244 e. The lowest BCUT2D eigenvalue weighted by Gasteiger charge is -2.19. The van der Waals surface area contributed by atoms with Crippen LogP contribution in [-0.4, -0.2) is 31.6 Å². The fourth-order valence-corrected chi connectivity index (χ4v) is 1.85. The van der Waals surface area contributed by atoms with Crippen molar-refractivity contribution in [3.8, 4) is 0 Å². The van der Waals surface area contributed by atoms with Crippen LogP contribution >= 0.6 is 35.0 Å². The van der Waals surface area contributed by atoms with Crippen LogP contribution in [0.15, 0.2) is 5.03 Å². The Hall–Kier alpha value is -0.100. The Balaban J connectivity index is 2.91. The number of thioether (sulfide) groups is 1. The van der Waals surface area contributed by atoms with Gasteiger partial charge in [0.1, 0.15) is 5.03 Å². The summed E-state index contributed by atoms with van der Waals surface area (Å²) in [4.78, 5) is 3.92. The molecular formula is C7H9Cl2N3OS. The highest BCUT2D eigenvalue weighted by atomic mass is 35.5. The van der Waals surface area contributed by atoms with E-state index in [2.05, 4.69) is 15.2 Å². The van der Waals surface area contributed by atoms with Crippen LogP contribution < -0.4 is 0 Å². The van der Waals surface area contributed by atoms with Crippen LogP contribution in [0.5, 0.6) is 0 Å². The molecule has 0 aromatic carbocycles. The average molecular weight is 254 g/mol. The second-order valence-corrected chi connectivity index (χ2v) is 5.59. The van der Waals surface area contributed by atoms with Crippen LogP contribution in [0.2, 0.25) is 10.4 Å². The molecule has 1 aromatic rings. The summed E-state index contributed by atoms with van der Waals surface area (Å²) in [6.45, 7) is 3.74. The van der Waals surface area contributed by atoms with E-state index in [0.717, 1.165) is 0 Å². The van der Waals surface area contributed by atoms with Crippen LogP contribution in [0.25, 0.3) is 0 Å². The normalized spacial score (nSPS) is 11.8. The molecule has 0 saturated heterocycles. The summed E-state index contributed by atoms with van der Waals surface area (Å²) in [5, 5.41) is 16.9. The predicted octanol–water partition coefficient (Wildman–Crippen LogP) is 2.04. The first-order valence-electron chi connectivity index (χ1n) is 3.80. The molecule has 0 saturated carbocycles. The number of rotatable bonds is 3. The SMILES string of the molecule is CC(C)(CO)Sc1nc(Cl)nnc1Cl. The van der Waals surface area contributed by atoms with Gasteiger partial charge < -0.3 is 5.11 Å². The van der Waals surface area contributed by atoms with Crippen molar-refractivity contribution in [3.63, 3.8) is 0 Å². The molecule has 0 radical (unpaired) electrons. The zero-order valence-corrected chi connectivity index (χ0v) is 9.99. The number of aliphatic hydroxyl groups excluding tert-OH is 1. The minimum Gasteiger partial charge on any atom is -0.395 e. The van der Waals surface area contributed by atoms with Crippen LogP contribution in [0.3, 0.4) is 0 Å². The molecule has 0 bridgehead atoms. The van der Waals surface area contributed by atoms with Gasteiger partial charge in [0.2, 0.25) is 5.28 Å². The van der Waals surface area contributed by atoms with Crippen molar-refractivity contribution < 1.29 is 5.11 Å². The predicted molar refractivity (Wildman–Crippen MR) is 56.9 cm³/mol. The van der Waals surface area contributed by atoms with Gasteiger partial charge >= 0.3 is 0 Å². The van der Waals surface area contributed by atoms with Crippen LogP contribution in [0.1, 0.15) is 13.8 Å². The average Bonchev–Trinajstić information content (AvgIpc) is 2.11. The molecule has 1 aromatic heterocycles. The Morgan fingerprint density at radius 3 is 2.57 bits per heavy atom. The van der Waals surface area contributed by atoms with Gasteiger partial charge in [-0.3, -0.25) is 0 Å². The van der Waals surface area contributed by atoms with E-state index >= 15 is 0 Å². The molecule has 78 valence electrons. The topological polar surface area (TPSA) is 58.9 Å². The number of aliphatic hydroxyl groups is 1. The number of nitrogens with zero attached hydrogens (tertiary/aromatic N) is 3. The Kier molecular flexibility index (Phi) is 3.94. The number of hydrogen-bond donors (Lipinski definition) is 1. The Morgan fingerprint density at radius 2 is 2.00 bits per heavy atom. The van der Waals surface area contributed by atoms with Gasteiger partial charge in [-0.15, -0.1) is 10.2 Å². The van der Waals surface area contributed by atoms with Crippen LogP contribution in [0.4, 0.5) is 0 Å². The Morgan fingerprint density at radius 1 is 1.36 bits per heavy atom. The maximum Gasteiger partial charge on any atom is 0.244 e. The molecule has 0 amide bonds. The molecule has 0 atom stereocenters. The summed E-state index contributed by atoms with van der Waals surface area (Å²) in [5.74, 6) is 0. The van der Waals surface area contributed by atoms with Gasteiger partial charge in [0.15, 0.2) is 5.15 Å². The van der Waals surface area contributed by atoms with Gasteiger partial charge in [-0.1, -0.05) is 23.4 Å². The molecular weight excluding hydrogens is 245 g/mol. The zero-order chi connectivity index (χ0) is 10.8. The number of aromatic nitrogens is 3. The number of hydrogen-bond acceptors (Lipinski definition) is 5. The monoisotopic (exact) mass is 253 g/mol. The summed E-state index contributed by atoms with van der Waals surface area (Å²) >= 11 is 12.6. The minimum absolute atomic E-state index is 0.00954. The summed E-state index contributed by atoms with van der Waals surface area (Å²) in [6, 6.07) is 0. The van der Waals surface area contributed by atoms with E-state index in [1.54, 1.807) is 0 Å². The molecule has 1 rings (SSSR count). The van der Waals surface area contributed by atoms with Gasteiger partial charge in [0.25, 0.3) is 0 Å². The van der Waals surface area contributed by atoms with Crippen LogP contribution in [0, 0.1) is 0 Å². The largest absolute Gasteiger partial charge is 0.395 e. The molecule has 0 aliphatic rings. The molecule has 0 aliphatic carbocycles. The first kappa shape index (κ1) is 12.0. The van der Waals surface area contributed by atoms with E-state index in [9.17, 15) is 0 Å². The standard InChI is InChI=1S/C7H9Cl2N3OS/c1-7(2,3-13)14-5-4(8)11-12-6(9)10-5/h13H,3H2,1-2H3. The summed E-state index contributed by atoms with van der Waals surface area (Å²) in [7, 11) is 0. The first-order chi connectivity index (χ1) is 6.44. The summed E-state index contributed by atoms with van der Waals surface area (Å²) < 4.78 is -0.372. The molecule has 7 heteroatoms. The highest BCUT2D eigenvalue weighted by molar-refractivity contribution is 8.00. The van der Waals surface area contributed by atoms with Gasteiger partial charge in [-0.25, -0.2) is 4.98 Å². The van der Waals surface area contributed by atoms with Gasteiger partial charge in [-0.2, -0.15) is 0 Å². The van der Waals surface area contributed by atoms with Crippen molar-refractivity contribution in [2.75, 3.05) is 6.61 Å². The lowest BCUT2D eigenvalue weighted by molar-refractivity contribution is 0.265. The summed E-state index contributed by atoms with van der Waals surface area (Å²) in [5.41, 5.74) is 0. The third-order valence-electron chi connectivity index (χ3n) is 1.34. The van der Waals surface area contributed by atoms with E-state index in [-0.39, 0.29) is 21.8 Å². The molecule has 1 N–H and O–H groups in total. The zero-order valence-electron chi connectivity index (χ0n) is 7.66. The molecule has 14 heavy (non-hydrogen) atoms. The quantitative estimate of drug-likeness (QED) is 0.836. The Labute approximate surface area is 96.0 Å². The van der Waals surface area contributed by atoms with Crippen molar-refractivity contribution in [2.45, 2.75) is 23.6 Å². The molecule has 0 aliphatic heterocycles. The highest BCUT2D eigenvalue weighted by Gasteiger charge is 2.21. The molecule has 4 nitrogen and oxygen atoms in total. The lowest BCUT2D eigenvalue weighted by Crippen LogP contribution is -2.20. The summed E-state index contributed by atoms with van der Waals surface area (Å²) in [6.07, 6.45) is 0.